The van der Waals surface area contributed by atoms with Gasteiger partial charge in [-0.2, -0.15) is 0 Å². The van der Waals surface area contributed by atoms with Gasteiger partial charge in [0.05, 0.1) is 20.3 Å². The van der Waals surface area contributed by atoms with Crippen molar-refractivity contribution >= 4 is 17.5 Å². The average Bonchev–Trinajstić information content (AvgIpc) is 2.78. The first-order valence-corrected chi connectivity index (χ1v) is 9.75. The number of nitrogens with zero attached hydrogens (tertiary/aromatic N) is 4. The Morgan fingerprint density at radius 1 is 1.25 bits per heavy atom. The molecule has 2 aromatic rings. The Balaban J connectivity index is 1.44. The van der Waals surface area contributed by atoms with Crippen LogP contribution in [0.3, 0.4) is 0 Å². The van der Waals surface area contributed by atoms with Crippen molar-refractivity contribution in [2.24, 2.45) is 5.92 Å². The van der Waals surface area contributed by atoms with Crippen LogP contribution in [0.25, 0.3) is 0 Å². The van der Waals surface area contributed by atoms with Gasteiger partial charge in [-0.1, -0.05) is 0 Å². The van der Waals surface area contributed by atoms with Gasteiger partial charge in [0.15, 0.2) is 0 Å². The van der Waals surface area contributed by atoms with Crippen molar-refractivity contribution < 1.29 is 14.3 Å². The minimum atomic E-state index is -0.0440. The molecule has 1 fully saturated rings. The summed E-state index contributed by atoms with van der Waals surface area (Å²) in [6.07, 6.45) is 4.21. The third kappa shape index (κ3) is 3.80. The van der Waals surface area contributed by atoms with Gasteiger partial charge in [-0.3, -0.25) is 4.79 Å². The van der Waals surface area contributed by atoms with Crippen molar-refractivity contribution in [3.63, 3.8) is 0 Å². The number of carbonyl (C=O) groups is 1. The number of hydrogen-bond donors (Lipinski definition) is 0. The van der Waals surface area contributed by atoms with Crippen LogP contribution >= 0.6 is 0 Å². The molecule has 0 spiro atoms. The number of aryl methyl sites for hydroxylation is 1. The van der Waals surface area contributed by atoms with E-state index in [4.69, 9.17) is 14.5 Å². The molecule has 1 aromatic carbocycles. The second-order valence-corrected chi connectivity index (χ2v) is 7.28. The quantitative estimate of drug-likeness (QED) is 0.807. The maximum absolute atomic E-state index is 13.0. The maximum atomic E-state index is 13.0. The van der Waals surface area contributed by atoms with Crippen molar-refractivity contribution in [2.45, 2.75) is 19.3 Å². The van der Waals surface area contributed by atoms with Gasteiger partial charge in [0.2, 0.25) is 11.9 Å². The molecule has 1 aromatic heterocycles. The molecule has 2 aliphatic rings. The van der Waals surface area contributed by atoms with Crippen LogP contribution < -0.4 is 14.5 Å². The van der Waals surface area contributed by atoms with Crippen molar-refractivity contribution in [3.8, 4) is 5.75 Å². The number of hydrogen-bond acceptors (Lipinski definition) is 6. The third-order valence-electron chi connectivity index (χ3n) is 5.57. The number of ether oxygens (including phenoxy) is 2. The second-order valence-electron chi connectivity index (χ2n) is 7.28. The lowest BCUT2D eigenvalue weighted by Crippen LogP contribution is -2.38. The lowest BCUT2D eigenvalue weighted by molar-refractivity contribution is -0.122. The van der Waals surface area contributed by atoms with E-state index in [0.29, 0.717) is 19.6 Å². The molecule has 4 rings (SSSR count). The van der Waals surface area contributed by atoms with Crippen molar-refractivity contribution in [1.82, 2.24) is 9.97 Å². The molecule has 1 aliphatic carbocycles. The Labute approximate surface area is 165 Å². The molecule has 1 unspecified atom stereocenters. The zero-order valence-corrected chi connectivity index (χ0v) is 16.4. The Hall–Kier alpha value is -2.67. The number of carbonyl (C=O) groups excluding carboxylic acids is 1. The lowest BCUT2D eigenvalue weighted by Gasteiger charge is -2.30. The molecule has 7 nitrogen and oxygen atoms in total. The largest absolute Gasteiger partial charge is 0.497 e. The van der Waals surface area contributed by atoms with E-state index in [-0.39, 0.29) is 11.8 Å². The van der Waals surface area contributed by atoms with Gasteiger partial charge >= 0.3 is 0 Å². The van der Waals surface area contributed by atoms with Crippen LogP contribution in [0, 0.1) is 5.92 Å². The van der Waals surface area contributed by atoms with Gasteiger partial charge < -0.3 is 19.3 Å². The monoisotopic (exact) mass is 382 g/mol. The van der Waals surface area contributed by atoms with E-state index in [2.05, 4.69) is 9.88 Å². The van der Waals surface area contributed by atoms with Crippen LogP contribution in [0.2, 0.25) is 0 Å². The molecule has 1 aliphatic heterocycles. The Bertz CT molecular complexity index is 834. The summed E-state index contributed by atoms with van der Waals surface area (Å²) in [6.45, 7) is 3.09. The number of fused-ring (bicyclic) bond motifs is 1. The number of amides is 1. The zero-order chi connectivity index (χ0) is 19.5. The predicted octanol–water partition coefficient (Wildman–Crippen LogP) is 2.09. The molecule has 0 radical (unpaired) electrons. The van der Waals surface area contributed by atoms with E-state index in [1.165, 1.54) is 0 Å². The Morgan fingerprint density at radius 2 is 2.00 bits per heavy atom. The van der Waals surface area contributed by atoms with Gasteiger partial charge in [0, 0.05) is 43.6 Å². The smallest absolute Gasteiger partial charge is 0.230 e. The Kier molecular flexibility index (Phi) is 5.43. The molecular weight excluding hydrogens is 356 g/mol. The summed E-state index contributed by atoms with van der Waals surface area (Å²) in [5.41, 5.74) is 3.04. The molecule has 28 heavy (non-hydrogen) atoms. The van der Waals surface area contributed by atoms with E-state index in [0.717, 1.165) is 54.6 Å². The molecule has 1 atom stereocenters. The van der Waals surface area contributed by atoms with Crippen LogP contribution in [0.4, 0.5) is 11.6 Å². The molecule has 0 saturated carbocycles. The van der Waals surface area contributed by atoms with E-state index >= 15 is 0 Å². The summed E-state index contributed by atoms with van der Waals surface area (Å²) in [5.74, 6) is 1.65. The fourth-order valence-corrected chi connectivity index (χ4v) is 3.83. The predicted molar refractivity (Wildman–Crippen MR) is 107 cm³/mol. The molecule has 2 heterocycles. The third-order valence-corrected chi connectivity index (χ3v) is 5.57. The van der Waals surface area contributed by atoms with Crippen LogP contribution in [0.1, 0.15) is 17.7 Å². The highest BCUT2D eigenvalue weighted by Crippen LogP contribution is 2.28. The number of aromatic nitrogens is 2. The molecule has 1 saturated heterocycles. The highest BCUT2D eigenvalue weighted by Gasteiger charge is 2.29. The maximum Gasteiger partial charge on any atom is 0.230 e. The second kappa shape index (κ2) is 8.14. The highest BCUT2D eigenvalue weighted by atomic mass is 16.5. The molecule has 0 bridgehead atoms. The van der Waals surface area contributed by atoms with Crippen LogP contribution in [-0.4, -0.2) is 56.3 Å². The van der Waals surface area contributed by atoms with Crippen LogP contribution in [0.15, 0.2) is 30.5 Å². The summed E-state index contributed by atoms with van der Waals surface area (Å²) in [7, 11) is 3.47. The zero-order valence-electron chi connectivity index (χ0n) is 16.4. The fraction of sp³-hybridized carbons (Fsp3) is 0.476. The lowest BCUT2D eigenvalue weighted by atomic mass is 9.86. The van der Waals surface area contributed by atoms with Crippen molar-refractivity contribution in [3.05, 3.63) is 41.7 Å². The number of anilines is 2. The van der Waals surface area contributed by atoms with E-state index < -0.39 is 0 Å². The van der Waals surface area contributed by atoms with Gasteiger partial charge in [0.1, 0.15) is 5.75 Å². The van der Waals surface area contributed by atoms with Gasteiger partial charge in [0.25, 0.3) is 0 Å². The first-order chi connectivity index (χ1) is 13.7. The van der Waals surface area contributed by atoms with E-state index in [9.17, 15) is 4.79 Å². The molecule has 0 N–H and O–H groups in total. The standard InChI is InChI=1S/C21H26N4O3/c1-24(17-4-6-18(27-2)7-5-17)20(26)15-3-8-19-16(13-15)14-22-21(23-19)25-9-11-28-12-10-25/h4-7,14-15H,3,8-13H2,1-2H3. The highest BCUT2D eigenvalue weighted by molar-refractivity contribution is 5.94. The first-order valence-electron chi connectivity index (χ1n) is 9.75. The minimum absolute atomic E-state index is 0.0440. The molecule has 148 valence electrons. The summed E-state index contributed by atoms with van der Waals surface area (Å²) >= 11 is 0. The van der Waals surface area contributed by atoms with Gasteiger partial charge in [-0.25, -0.2) is 9.97 Å². The number of methoxy groups -OCH3 is 1. The van der Waals surface area contributed by atoms with E-state index in [1.54, 1.807) is 12.0 Å². The number of morpholine rings is 1. The SMILES string of the molecule is COc1ccc(N(C)C(=O)C2CCc3nc(N4CCOCC4)ncc3C2)cc1. The molecular formula is C21H26N4O3. The molecule has 7 heteroatoms. The fourth-order valence-electron chi connectivity index (χ4n) is 3.83. The summed E-state index contributed by atoms with van der Waals surface area (Å²) in [6, 6.07) is 7.56. The average molecular weight is 382 g/mol. The first kappa shape index (κ1) is 18.7. The Morgan fingerprint density at radius 3 is 2.71 bits per heavy atom. The summed E-state index contributed by atoms with van der Waals surface area (Å²) < 4.78 is 10.6. The topological polar surface area (TPSA) is 67.8 Å². The van der Waals surface area contributed by atoms with Crippen molar-refractivity contribution in [2.75, 3.05) is 50.3 Å². The van der Waals surface area contributed by atoms with Gasteiger partial charge in [-0.05, 0) is 49.1 Å². The van der Waals surface area contributed by atoms with Crippen LogP contribution in [0.5, 0.6) is 5.75 Å². The summed E-state index contributed by atoms with van der Waals surface area (Å²) in [5, 5.41) is 0. The minimum Gasteiger partial charge on any atom is -0.497 e. The summed E-state index contributed by atoms with van der Waals surface area (Å²) in [4.78, 5) is 26.2. The van der Waals surface area contributed by atoms with Gasteiger partial charge in [-0.15, -0.1) is 0 Å². The molecule has 1 amide bonds. The van der Waals surface area contributed by atoms with E-state index in [1.807, 2.05) is 37.5 Å². The van der Waals surface area contributed by atoms with Crippen LogP contribution in [-0.2, 0) is 22.4 Å². The van der Waals surface area contributed by atoms with Crippen molar-refractivity contribution in [1.29, 1.82) is 0 Å². The number of rotatable bonds is 4. The normalized spacial score (nSPS) is 19.1. The number of benzene rings is 1.